The third-order valence-corrected chi connectivity index (χ3v) is 8.55. The largest absolute Gasteiger partial charge is 0.454 e. The van der Waals surface area contributed by atoms with Gasteiger partial charge in [-0.25, -0.2) is 0 Å². The van der Waals surface area contributed by atoms with E-state index in [2.05, 4.69) is 24.5 Å². The highest BCUT2D eigenvalue weighted by atomic mass is 16.5. The van der Waals surface area contributed by atoms with E-state index in [1.165, 1.54) is 44.9 Å². The van der Waals surface area contributed by atoms with Crippen molar-refractivity contribution in [3.8, 4) is 0 Å². The molecule has 6 heteroatoms. The predicted octanol–water partition coefficient (Wildman–Crippen LogP) is 3.19. The van der Waals surface area contributed by atoms with E-state index in [4.69, 9.17) is 4.74 Å². The molecule has 4 bridgehead atoms. The number of ether oxygens (including phenoxy) is 1. The van der Waals surface area contributed by atoms with Gasteiger partial charge in [0.2, 0.25) is 5.91 Å². The van der Waals surface area contributed by atoms with Gasteiger partial charge in [-0.1, -0.05) is 26.7 Å². The summed E-state index contributed by atoms with van der Waals surface area (Å²) >= 11 is 0. The van der Waals surface area contributed by atoms with Gasteiger partial charge in [0.1, 0.15) is 6.54 Å². The van der Waals surface area contributed by atoms with Gasteiger partial charge in [0.15, 0.2) is 6.61 Å². The smallest absolute Gasteiger partial charge is 0.325 e. The summed E-state index contributed by atoms with van der Waals surface area (Å²) in [6.07, 6.45) is 11.4. The van der Waals surface area contributed by atoms with Gasteiger partial charge >= 0.3 is 5.97 Å². The highest BCUT2D eigenvalue weighted by Gasteiger charge is 2.51. The van der Waals surface area contributed by atoms with Crippen molar-refractivity contribution in [2.75, 3.05) is 13.2 Å². The van der Waals surface area contributed by atoms with Crippen molar-refractivity contribution < 1.29 is 19.1 Å². The maximum Gasteiger partial charge on any atom is 0.325 e. The highest BCUT2D eigenvalue weighted by molar-refractivity contribution is 5.84. The van der Waals surface area contributed by atoms with Gasteiger partial charge in [0.05, 0.1) is 0 Å². The van der Waals surface area contributed by atoms with E-state index in [1.54, 1.807) is 0 Å². The van der Waals surface area contributed by atoms with Crippen LogP contribution in [0.5, 0.6) is 0 Å². The zero-order valence-electron chi connectivity index (χ0n) is 18.6. The monoisotopic (exact) mass is 418 g/mol. The van der Waals surface area contributed by atoms with Gasteiger partial charge in [0, 0.05) is 12.5 Å². The van der Waals surface area contributed by atoms with E-state index < -0.39 is 5.97 Å². The second-order valence-corrected chi connectivity index (χ2v) is 11.0. The van der Waals surface area contributed by atoms with E-state index in [0.29, 0.717) is 18.3 Å². The molecule has 0 aromatic heterocycles. The third kappa shape index (κ3) is 5.00. The molecule has 5 fully saturated rings. The number of carbonyl (C=O) groups excluding carboxylic acids is 3. The van der Waals surface area contributed by atoms with E-state index >= 15 is 0 Å². The number of hydrogen-bond acceptors (Lipinski definition) is 4. The Kier molecular flexibility index (Phi) is 6.40. The molecule has 0 spiro atoms. The first-order valence-electron chi connectivity index (χ1n) is 12.0. The van der Waals surface area contributed by atoms with Crippen LogP contribution >= 0.6 is 0 Å². The van der Waals surface area contributed by atoms with Crippen LogP contribution in [-0.2, 0) is 19.1 Å². The van der Waals surface area contributed by atoms with Crippen molar-refractivity contribution in [3.05, 3.63) is 0 Å². The summed E-state index contributed by atoms with van der Waals surface area (Å²) in [5, 5.41) is 5.73. The zero-order valence-corrected chi connectivity index (χ0v) is 18.6. The van der Waals surface area contributed by atoms with Crippen LogP contribution in [0.1, 0.15) is 78.1 Å². The lowest BCUT2D eigenvalue weighted by Crippen LogP contribution is -2.48. The van der Waals surface area contributed by atoms with Crippen LogP contribution in [0.25, 0.3) is 0 Å². The fourth-order valence-corrected chi connectivity index (χ4v) is 7.31. The molecule has 0 unspecified atom stereocenters. The fraction of sp³-hybridized carbons (Fsp3) is 0.875. The Balaban J connectivity index is 1.14. The third-order valence-electron chi connectivity index (χ3n) is 8.55. The Bertz CT molecular complexity index is 641. The van der Waals surface area contributed by atoms with Crippen molar-refractivity contribution in [3.63, 3.8) is 0 Å². The molecule has 0 heterocycles. The van der Waals surface area contributed by atoms with Crippen molar-refractivity contribution in [1.82, 2.24) is 10.6 Å². The Morgan fingerprint density at radius 1 is 0.933 bits per heavy atom. The second-order valence-electron chi connectivity index (χ2n) is 11.0. The lowest BCUT2D eigenvalue weighted by atomic mass is 9.49. The first-order chi connectivity index (χ1) is 14.3. The number of rotatable bonds is 7. The number of nitrogens with one attached hydrogen (secondary N) is 2. The van der Waals surface area contributed by atoms with Gasteiger partial charge in [-0.2, -0.15) is 0 Å². The maximum absolute atomic E-state index is 12.5. The lowest BCUT2D eigenvalue weighted by Gasteiger charge is -2.56. The second kappa shape index (κ2) is 8.88. The summed E-state index contributed by atoms with van der Waals surface area (Å²) in [7, 11) is 0. The molecular weight excluding hydrogens is 380 g/mol. The number of carbonyl (C=O) groups is 3. The van der Waals surface area contributed by atoms with Gasteiger partial charge < -0.3 is 15.4 Å². The van der Waals surface area contributed by atoms with Gasteiger partial charge in [-0.3, -0.25) is 14.4 Å². The number of amides is 2. The minimum absolute atomic E-state index is 0.0524. The lowest BCUT2D eigenvalue weighted by molar-refractivity contribution is -0.149. The Hall–Kier alpha value is -1.59. The average Bonchev–Trinajstić information content (AvgIpc) is 2.67. The number of hydrogen-bond donors (Lipinski definition) is 2. The Labute approximate surface area is 180 Å². The quantitative estimate of drug-likeness (QED) is 0.622. The molecule has 5 aliphatic carbocycles. The van der Waals surface area contributed by atoms with Gasteiger partial charge in [-0.05, 0) is 80.0 Å². The van der Waals surface area contributed by atoms with Crippen LogP contribution in [0, 0.1) is 35.0 Å². The molecule has 5 aliphatic rings. The zero-order chi connectivity index (χ0) is 21.3. The maximum atomic E-state index is 12.5. The highest BCUT2D eigenvalue weighted by Crippen LogP contribution is 2.61. The molecule has 5 saturated carbocycles. The molecule has 168 valence electrons. The summed E-state index contributed by atoms with van der Waals surface area (Å²) in [6, 6.07) is 0.153. The number of esters is 1. The van der Waals surface area contributed by atoms with Crippen LogP contribution in [0.2, 0.25) is 0 Å². The van der Waals surface area contributed by atoms with Crippen LogP contribution in [0.3, 0.4) is 0 Å². The van der Waals surface area contributed by atoms with Crippen LogP contribution < -0.4 is 10.6 Å². The minimum atomic E-state index is -0.547. The molecule has 0 aromatic rings. The Morgan fingerprint density at radius 2 is 1.57 bits per heavy atom. The topological polar surface area (TPSA) is 84.5 Å². The molecule has 0 radical (unpaired) electrons. The summed E-state index contributed by atoms with van der Waals surface area (Å²) in [4.78, 5) is 36.7. The van der Waals surface area contributed by atoms with E-state index in [0.717, 1.165) is 30.6 Å². The molecule has 2 N–H and O–H groups in total. The van der Waals surface area contributed by atoms with Crippen molar-refractivity contribution in [1.29, 1.82) is 0 Å². The van der Waals surface area contributed by atoms with Crippen molar-refractivity contribution >= 4 is 17.8 Å². The fourth-order valence-electron chi connectivity index (χ4n) is 7.31. The summed E-state index contributed by atoms with van der Waals surface area (Å²) in [5.41, 5.74) is 0.163. The first-order valence-corrected chi connectivity index (χ1v) is 12.0. The summed E-state index contributed by atoms with van der Waals surface area (Å²) in [5.74, 6) is 2.59. The predicted molar refractivity (Wildman–Crippen MR) is 113 cm³/mol. The molecule has 0 aromatic carbocycles. The van der Waals surface area contributed by atoms with Crippen molar-refractivity contribution in [2.24, 2.45) is 35.0 Å². The summed E-state index contributed by atoms with van der Waals surface area (Å²) in [6.45, 7) is 3.95. The SMILES string of the molecule is C[C@H]1[C@@H](NC(=O)COC(=O)CNC(=O)CC23CC4CC(CC(C4)C2)C3)CCC[C@@H]1C. The van der Waals surface area contributed by atoms with Gasteiger partial charge in [-0.15, -0.1) is 0 Å². The Morgan fingerprint density at radius 3 is 2.20 bits per heavy atom. The van der Waals surface area contributed by atoms with Gasteiger partial charge in [0.25, 0.3) is 5.91 Å². The molecular formula is C24H38N2O4. The van der Waals surface area contributed by atoms with Crippen molar-refractivity contribution in [2.45, 2.75) is 84.1 Å². The normalized spacial score (nSPS) is 39.4. The van der Waals surface area contributed by atoms with E-state index in [9.17, 15) is 14.4 Å². The van der Waals surface area contributed by atoms with E-state index in [-0.39, 0.29) is 36.4 Å². The standard InChI is InChI=1S/C24H38N2O4/c1-15-4-3-5-20(16(15)2)26-22(28)14-30-23(29)13-25-21(27)12-24-9-17-6-18(10-24)8-19(7-17)11-24/h15-20H,3-14H2,1-2H3,(H,25,27)(H,26,28)/t15-,16+,17?,18?,19?,20-,24?/m0/s1. The molecule has 6 nitrogen and oxygen atoms in total. The van der Waals surface area contributed by atoms with E-state index in [1.807, 2.05) is 0 Å². The molecule has 0 saturated heterocycles. The first kappa shape index (κ1) is 21.6. The summed E-state index contributed by atoms with van der Waals surface area (Å²) < 4.78 is 5.09. The van der Waals surface area contributed by atoms with Crippen LogP contribution in [0.15, 0.2) is 0 Å². The molecule has 3 atom stereocenters. The minimum Gasteiger partial charge on any atom is -0.454 e. The van der Waals surface area contributed by atoms with Crippen LogP contribution in [0.4, 0.5) is 0 Å². The molecule has 2 amide bonds. The average molecular weight is 419 g/mol. The van der Waals surface area contributed by atoms with Crippen LogP contribution in [-0.4, -0.2) is 37.0 Å². The molecule has 30 heavy (non-hydrogen) atoms. The molecule has 0 aliphatic heterocycles. The molecule has 5 rings (SSSR count).